The van der Waals surface area contributed by atoms with Gasteiger partial charge in [-0.2, -0.15) is 10.2 Å². The van der Waals surface area contributed by atoms with Gasteiger partial charge in [0.25, 0.3) is 0 Å². The Balaban J connectivity index is 1.72. The first-order valence-corrected chi connectivity index (χ1v) is 9.22. The van der Waals surface area contributed by atoms with Crippen LogP contribution in [0, 0.1) is 6.92 Å². The highest BCUT2D eigenvalue weighted by Crippen LogP contribution is 2.30. The van der Waals surface area contributed by atoms with Gasteiger partial charge in [0.05, 0.1) is 17.9 Å². The topological polar surface area (TPSA) is 54.9 Å². The summed E-state index contributed by atoms with van der Waals surface area (Å²) in [4.78, 5) is 10.3. The van der Waals surface area contributed by atoms with Crippen molar-refractivity contribution in [3.63, 3.8) is 0 Å². The van der Waals surface area contributed by atoms with Crippen LogP contribution < -0.4 is 5.32 Å². The molecule has 0 radical (unpaired) electrons. The Morgan fingerprint density at radius 3 is 2.77 bits per heavy atom. The van der Waals surface area contributed by atoms with E-state index >= 15 is 0 Å². The zero-order valence-corrected chi connectivity index (χ0v) is 15.2. The molecule has 134 valence electrons. The van der Waals surface area contributed by atoms with Crippen LogP contribution in [0.4, 0.5) is 0 Å². The van der Waals surface area contributed by atoms with E-state index in [1.807, 2.05) is 18.2 Å². The number of aromatic nitrogens is 2. The maximum atomic E-state index is 10.3. The Hall–Kier alpha value is -2.59. The SMILES string of the molecule is Cc1c(C=Cc2ccc(CNCC=O)nn2)cccc1C1=CCCCC1. The summed E-state index contributed by atoms with van der Waals surface area (Å²) in [6, 6.07) is 10.4. The van der Waals surface area contributed by atoms with Crippen molar-refractivity contribution in [2.45, 2.75) is 39.2 Å². The molecule has 1 aromatic carbocycles. The molecule has 0 atom stereocenters. The van der Waals surface area contributed by atoms with Crippen LogP contribution in [0.5, 0.6) is 0 Å². The van der Waals surface area contributed by atoms with Crippen molar-refractivity contribution < 1.29 is 4.79 Å². The maximum absolute atomic E-state index is 10.3. The van der Waals surface area contributed by atoms with Crippen molar-refractivity contribution in [1.82, 2.24) is 15.5 Å². The predicted octanol–water partition coefficient (Wildman–Crippen LogP) is 4.20. The van der Waals surface area contributed by atoms with Crippen molar-refractivity contribution in [2.75, 3.05) is 6.54 Å². The number of carbonyl (C=O) groups excluding carboxylic acids is 1. The van der Waals surface area contributed by atoms with Crippen molar-refractivity contribution in [3.8, 4) is 0 Å². The van der Waals surface area contributed by atoms with Gasteiger partial charge in [0.2, 0.25) is 0 Å². The van der Waals surface area contributed by atoms with E-state index in [4.69, 9.17) is 0 Å². The Morgan fingerprint density at radius 1 is 1.12 bits per heavy atom. The van der Waals surface area contributed by atoms with Crippen molar-refractivity contribution in [2.24, 2.45) is 0 Å². The molecule has 0 unspecified atom stereocenters. The number of hydrogen-bond donors (Lipinski definition) is 1. The molecule has 1 aliphatic carbocycles. The van der Waals surface area contributed by atoms with E-state index < -0.39 is 0 Å². The average Bonchev–Trinajstić information content (AvgIpc) is 2.69. The third kappa shape index (κ3) is 4.73. The zero-order chi connectivity index (χ0) is 18.2. The normalized spacial score (nSPS) is 14.4. The van der Waals surface area contributed by atoms with Crippen LogP contribution in [0.1, 0.15) is 53.8 Å². The number of hydrogen-bond acceptors (Lipinski definition) is 4. The van der Waals surface area contributed by atoms with Gasteiger partial charge in [-0.1, -0.05) is 30.4 Å². The fourth-order valence-electron chi connectivity index (χ4n) is 3.25. The standard InChI is InChI=1S/C22H25N3O/c1-17-18(8-5-9-22(17)19-6-3-2-4-7-19)10-11-20-12-13-21(25-24-20)16-23-14-15-26/h5-6,8-13,15,23H,2-4,7,14,16H2,1H3. The summed E-state index contributed by atoms with van der Waals surface area (Å²) < 4.78 is 0. The minimum absolute atomic E-state index is 0.329. The first-order chi connectivity index (χ1) is 12.8. The van der Waals surface area contributed by atoms with Gasteiger partial charge >= 0.3 is 0 Å². The van der Waals surface area contributed by atoms with Gasteiger partial charge in [-0.05, 0) is 73.1 Å². The molecule has 0 aliphatic heterocycles. The predicted molar refractivity (Wildman–Crippen MR) is 106 cm³/mol. The molecule has 1 aliphatic rings. The van der Waals surface area contributed by atoms with Gasteiger partial charge in [0.1, 0.15) is 6.29 Å². The van der Waals surface area contributed by atoms with Crippen molar-refractivity contribution in [3.05, 3.63) is 64.5 Å². The van der Waals surface area contributed by atoms with E-state index in [-0.39, 0.29) is 0 Å². The second-order valence-electron chi connectivity index (χ2n) is 6.58. The summed E-state index contributed by atoms with van der Waals surface area (Å²) in [5, 5.41) is 11.4. The molecule has 0 amide bonds. The summed E-state index contributed by atoms with van der Waals surface area (Å²) >= 11 is 0. The molecule has 3 rings (SSSR count). The lowest BCUT2D eigenvalue weighted by Gasteiger charge is -2.16. The van der Waals surface area contributed by atoms with Gasteiger partial charge in [-0.15, -0.1) is 0 Å². The average molecular weight is 347 g/mol. The Morgan fingerprint density at radius 2 is 2.04 bits per heavy atom. The van der Waals surface area contributed by atoms with Crippen LogP contribution >= 0.6 is 0 Å². The number of allylic oxidation sites excluding steroid dienone is 2. The molecule has 0 saturated heterocycles. The minimum Gasteiger partial charge on any atom is -0.305 e. The van der Waals surface area contributed by atoms with Crippen molar-refractivity contribution in [1.29, 1.82) is 0 Å². The Labute approximate surface area is 155 Å². The molecule has 26 heavy (non-hydrogen) atoms. The van der Waals surface area contributed by atoms with E-state index in [1.165, 1.54) is 47.9 Å². The lowest BCUT2D eigenvalue weighted by Crippen LogP contribution is -2.16. The largest absolute Gasteiger partial charge is 0.305 e. The zero-order valence-electron chi connectivity index (χ0n) is 15.2. The van der Waals surface area contributed by atoms with Crippen LogP contribution in [-0.2, 0) is 11.3 Å². The van der Waals surface area contributed by atoms with Crippen LogP contribution in [0.3, 0.4) is 0 Å². The molecule has 0 saturated carbocycles. The van der Waals surface area contributed by atoms with Crippen LogP contribution in [0.2, 0.25) is 0 Å². The molecule has 1 N–H and O–H groups in total. The molecule has 1 heterocycles. The first kappa shape index (κ1) is 18.2. The molecule has 1 aromatic heterocycles. The monoisotopic (exact) mass is 347 g/mol. The third-order valence-electron chi connectivity index (χ3n) is 4.72. The van der Waals surface area contributed by atoms with Gasteiger partial charge in [-0.3, -0.25) is 0 Å². The smallest absolute Gasteiger partial charge is 0.133 e. The van der Waals surface area contributed by atoms with Crippen LogP contribution in [0.15, 0.2) is 36.4 Å². The number of benzene rings is 1. The first-order valence-electron chi connectivity index (χ1n) is 9.22. The summed E-state index contributed by atoms with van der Waals surface area (Å²) in [5.74, 6) is 0. The quantitative estimate of drug-likeness (QED) is 0.602. The number of rotatable bonds is 7. The van der Waals surface area contributed by atoms with Crippen molar-refractivity contribution >= 4 is 24.0 Å². The Bertz CT molecular complexity index is 807. The lowest BCUT2D eigenvalue weighted by atomic mass is 9.89. The van der Waals surface area contributed by atoms with E-state index in [0.717, 1.165) is 17.7 Å². The summed E-state index contributed by atoms with van der Waals surface area (Å²) in [7, 11) is 0. The lowest BCUT2D eigenvalue weighted by molar-refractivity contribution is -0.107. The van der Waals surface area contributed by atoms with Gasteiger partial charge < -0.3 is 10.1 Å². The molecule has 0 spiro atoms. The highest BCUT2D eigenvalue weighted by Gasteiger charge is 2.10. The molecule has 4 nitrogen and oxygen atoms in total. The van der Waals surface area contributed by atoms with Crippen LogP contribution in [-0.4, -0.2) is 23.0 Å². The van der Waals surface area contributed by atoms with Crippen LogP contribution in [0.25, 0.3) is 17.7 Å². The molecule has 2 aromatic rings. The number of aldehydes is 1. The minimum atomic E-state index is 0.329. The molecular formula is C22H25N3O. The van der Waals surface area contributed by atoms with E-state index in [1.54, 1.807) is 0 Å². The second kappa shape index (κ2) is 9.20. The summed E-state index contributed by atoms with van der Waals surface area (Å²) in [5.41, 5.74) is 7.04. The maximum Gasteiger partial charge on any atom is 0.133 e. The highest BCUT2D eigenvalue weighted by atomic mass is 16.1. The molecular weight excluding hydrogens is 322 g/mol. The third-order valence-corrected chi connectivity index (χ3v) is 4.72. The number of nitrogens with zero attached hydrogens (tertiary/aromatic N) is 2. The fourth-order valence-corrected chi connectivity index (χ4v) is 3.25. The number of carbonyl (C=O) groups is 1. The Kier molecular flexibility index (Phi) is 6.45. The van der Waals surface area contributed by atoms with E-state index in [0.29, 0.717) is 13.1 Å². The fraction of sp³-hybridized carbons (Fsp3) is 0.318. The molecule has 0 bridgehead atoms. The highest BCUT2D eigenvalue weighted by molar-refractivity contribution is 5.76. The summed E-state index contributed by atoms with van der Waals surface area (Å²) in [6.45, 7) is 3.07. The van der Waals surface area contributed by atoms with E-state index in [2.05, 4.69) is 52.8 Å². The van der Waals surface area contributed by atoms with Gasteiger partial charge in [0.15, 0.2) is 0 Å². The van der Waals surface area contributed by atoms with E-state index in [9.17, 15) is 4.79 Å². The second-order valence-corrected chi connectivity index (χ2v) is 6.58. The van der Waals surface area contributed by atoms with Gasteiger partial charge in [-0.25, -0.2) is 0 Å². The van der Waals surface area contributed by atoms with Gasteiger partial charge in [0, 0.05) is 6.54 Å². The molecule has 4 heteroatoms. The summed E-state index contributed by atoms with van der Waals surface area (Å²) in [6.07, 6.45) is 12.3. The molecule has 0 fully saturated rings. The number of nitrogens with one attached hydrogen (secondary N) is 1.